The molecule has 0 bridgehead atoms. The maximum Gasteiger partial charge on any atom is 0.182 e. The van der Waals surface area contributed by atoms with Crippen LogP contribution in [-0.2, 0) is 0 Å². The second-order valence-corrected chi connectivity index (χ2v) is 3.19. The predicted octanol–water partition coefficient (Wildman–Crippen LogP) is 0.977. The van der Waals surface area contributed by atoms with Gasteiger partial charge in [-0.3, -0.25) is 0 Å². The fraction of sp³-hybridized carbons (Fsp3) is 0.167. The number of nitrogen functional groups attached to an aromatic ring is 1. The van der Waals surface area contributed by atoms with Crippen molar-refractivity contribution >= 4 is 26.8 Å². The molecule has 0 atom stereocenters. The Labute approximate surface area is 67.1 Å². The van der Waals surface area contributed by atoms with Crippen molar-refractivity contribution in [2.24, 2.45) is 0 Å². The summed E-state index contributed by atoms with van der Waals surface area (Å²) >= 11 is 1.42. The third kappa shape index (κ3) is 0.932. The number of thiazole rings is 1. The third-order valence-corrected chi connectivity index (χ3v) is 2.37. The van der Waals surface area contributed by atoms with Crippen molar-refractivity contribution in [3.63, 3.8) is 0 Å². The highest BCUT2D eigenvalue weighted by Gasteiger charge is 2.03. The third-order valence-electron chi connectivity index (χ3n) is 1.39. The fourth-order valence-electron chi connectivity index (χ4n) is 0.880. The van der Waals surface area contributed by atoms with Crippen molar-refractivity contribution in [3.8, 4) is 0 Å². The molecule has 0 radical (unpaired) electrons. The summed E-state index contributed by atoms with van der Waals surface area (Å²) in [6.45, 7) is 1.92. The molecule has 2 rings (SSSR count). The van der Waals surface area contributed by atoms with E-state index in [-0.39, 0.29) is 0 Å². The van der Waals surface area contributed by atoms with E-state index in [1.807, 2.05) is 6.92 Å². The van der Waals surface area contributed by atoms with Gasteiger partial charge in [-0.2, -0.15) is 0 Å². The van der Waals surface area contributed by atoms with Crippen LogP contribution in [0.2, 0.25) is 0 Å². The first-order valence-corrected chi connectivity index (χ1v) is 3.92. The van der Waals surface area contributed by atoms with Crippen LogP contribution in [0.4, 0.5) is 5.13 Å². The first-order valence-electron chi connectivity index (χ1n) is 3.11. The number of hydrogen-bond donors (Lipinski definition) is 1. The van der Waals surface area contributed by atoms with Crippen molar-refractivity contribution in [1.29, 1.82) is 0 Å². The number of nitrogens with two attached hydrogens (primary N) is 1. The smallest absolute Gasteiger partial charge is 0.182 e. The summed E-state index contributed by atoms with van der Waals surface area (Å²) in [4.78, 5) is 12.0. The van der Waals surface area contributed by atoms with Crippen molar-refractivity contribution in [3.05, 3.63) is 12.0 Å². The Morgan fingerprint density at radius 2 is 2.27 bits per heavy atom. The van der Waals surface area contributed by atoms with Gasteiger partial charge in [-0.1, -0.05) is 11.3 Å². The summed E-state index contributed by atoms with van der Waals surface area (Å²) in [5.41, 5.74) is 7.13. The van der Waals surface area contributed by atoms with Crippen LogP contribution in [-0.4, -0.2) is 15.0 Å². The van der Waals surface area contributed by atoms with Gasteiger partial charge in [0.15, 0.2) is 10.8 Å². The molecular weight excluding hydrogens is 160 g/mol. The summed E-state index contributed by atoms with van der Waals surface area (Å²) in [7, 11) is 0. The molecule has 0 saturated heterocycles. The van der Waals surface area contributed by atoms with Crippen LogP contribution in [0.3, 0.4) is 0 Å². The Bertz CT molecular complexity index is 394. The van der Waals surface area contributed by atoms with Gasteiger partial charge in [-0.15, -0.1) is 0 Å². The highest BCUT2D eigenvalue weighted by atomic mass is 32.1. The van der Waals surface area contributed by atoms with Crippen LogP contribution in [0, 0.1) is 6.92 Å². The first-order chi connectivity index (χ1) is 5.27. The average Bonchev–Trinajstić information content (AvgIpc) is 2.31. The Balaban J connectivity index is 2.90. The van der Waals surface area contributed by atoms with Crippen LogP contribution in [0.5, 0.6) is 0 Å². The summed E-state index contributed by atoms with van der Waals surface area (Å²) < 4.78 is 0.977. The van der Waals surface area contributed by atoms with Gasteiger partial charge in [0.05, 0.1) is 10.4 Å². The highest BCUT2D eigenvalue weighted by Crippen LogP contribution is 2.23. The van der Waals surface area contributed by atoms with Crippen molar-refractivity contribution < 1.29 is 0 Å². The van der Waals surface area contributed by atoms with Gasteiger partial charge >= 0.3 is 0 Å². The summed E-state index contributed by atoms with van der Waals surface area (Å²) in [6, 6.07) is 0. The molecule has 0 fully saturated rings. The molecule has 0 spiro atoms. The van der Waals surface area contributed by atoms with E-state index >= 15 is 0 Å². The standard InChI is InChI=1S/C6H6N4S/c1-3-4-5(9-2-8-3)10-6(7)11-4/h2H,1H3,(H2,7,8,9,10). The largest absolute Gasteiger partial charge is 0.375 e. The average molecular weight is 166 g/mol. The van der Waals surface area contributed by atoms with E-state index in [1.165, 1.54) is 17.7 Å². The minimum atomic E-state index is 0.545. The number of hydrogen-bond acceptors (Lipinski definition) is 5. The van der Waals surface area contributed by atoms with Crippen molar-refractivity contribution in [1.82, 2.24) is 15.0 Å². The van der Waals surface area contributed by atoms with Crippen molar-refractivity contribution in [2.75, 3.05) is 5.73 Å². The second kappa shape index (κ2) is 2.13. The zero-order chi connectivity index (χ0) is 7.84. The molecule has 0 aromatic carbocycles. The summed E-state index contributed by atoms with van der Waals surface area (Å²) in [5, 5.41) is 0.545. The highest BCUT2D eigenvalue weighted by molar-refractivity contribution is 7.22. The first kappa shape index (κ1) is 6.48. The lowest BCUT2D eigenvalue weighted by molar-refractivity contribution is 1.14. The Morgan fingerprint density at radius 3 is 3.00 bits per heavy atom. The number of fused-ring (bicyclic) bond motifs is 1. The molecule has 2 heterocycles. The molecular formula is C6H6N4S. The van der Waals surface area contributed by atoms with Gasteiger partial charge in [0.2, 0.25) is 0 Å². The molecule has 0 unspecified atom stereocenters. The number of anilines is 1. The maximum atomic E-state index is 5.50. The number of aryl methyl sites for hydroxylation is 1. The molecule has 2 aromatic rings. The van der Waals surface area contributed by atoms with Gasteiger partial charge in [-0.25, -0.2) is 15.0 Å². The van der Waals surface area contributed by atoms with Gasteiger partial charge in [0, 0.05) is 0 Å². The molecule has 2 N–H and O–H groups in total. The SMILES string of the molecule is Cc1ncnc2nc(N)sc12. The molecule has 0 saturated carbocycles. The monoisotopic (exact) mass is 166 g/mol. The molecule has 4 nitrogen and oxygen atoms in total. The zero-order valence-electron chi connectivity index (χ0n) is 5.90. The molecule has 0 aliphatic heterocycles. The molecule has 0 amide bonds. The molecule has 2 aromatic heterocycles. The van der Waals surface area contributed by atoms with Crippen LogP contribution < -0.4 is 5.73 Å². The van der Waals surface area contributed by atoms with E-state index in [9.17, 15) is 0 Å². The van der Waals surface area contributed by atoms with Gasteiger partial charge in [0.1, 0.15) is 6.33 Å². The normalized spacial score (nSPS) is 10.6. The minimum absolute atomic E-state index is 0.545. The van der Waals surface area contributed by atoms with Gasteiger partial charge in [0.25, 0.3) is 0 Å². The van der Waals surface area contributed by atoms with Crippen molar-refractivity contribution in [2.45, 2.75) is 6.92 Å². The molecule has 11 heavy (non-hydrogen) atoms. The Kier molecular flexibility index (Phi) is 1.25. The number of rotatable bonds is 0. The van der Waals surface area contributed by atoms with E-state index in [4.69, 9.17) is 5.73 Å². The van der Waals surface area contributed by atoms with E-state index in [0.717, 1.165) is 10.4 Å². The van der Waals surface area contributed by atoms with E-state index in [0.29, 0.717) is 10.8 Å². The van der Waals surface area contributed by atoms with Crippen LogP contribution in [0.25, 0.3) is 10.3 Å². The van der Waals surface area contributed by atoms with E-state index < -0.39 is 0 Å². The summed E-state index contributed by atoms with van der Waals surface area (Å²) in [5.74, 6) is 0. The van der Waals surface area contributed by atoms with E-state index in [1.54, 1.807) is 0 Å². The van der Waals surface area contributed by atoms with E-state index in [2.05, 4.69) is 15.0 Å². The molecule has 0 aliphatic carbocycles. The number of nitrogens with zero attached hydrogens (tertiary/aromatic N) is 3. The number of aromatic nitrogens is 3. The summed E-state index contributed by atoms with van der Waals surface area (Å²) in [6.07, 6.45) is 1.50. The quantitative estimate of drug-likeness (QED) is 0.633. The topological polar surface area (TPSA) is 64.7 Å². The van der Waals surface area contributed by atoms with Crippen LogP contribution >= 0.6 is 11.3 Å². The van der Waals surface area contributed by atoms with Gasteiger partial charge in [-0.05, 0) is 6.92 Å². The van der Waals surface area contributed by atoms with Crippen LogP contribution in [0.1, 0.15) is 5.69 Å². The molecule has 5 heteroatoms. The zero-order valence-corrected chi connectivity index (χ0v) is 6.72. The lowest BCUT2D eigenvalue weighted by atomic mass is 10.4. The maximum absolute atomic E-state index is 5.50. The Hall–Kier alpha value is -1.23. The fourth-order valence-corrected chi connectivity index (χ4v) is 1.61. The Morgan fingerprint density at radius 1 is 1.45 bits per heavy atom. The lowest BCUT2D eigenvalue weighted by Crippen LogP contribution is -1.84. The molecule has 0 aliphatic rings. The predicted molar refractivity (Wildman–Crippen MR) is 44.4 cm³/mol. The van der Waals surface area contributed by atoms with Gasteiger partial charge < -0.3 is 5.73 Å². The minimum Gasteiger partial charge on any atom is -0.375 e. The lowest BCUT2D eigenvalue weighted by Gasteiger charge is -1.88. The molecule has 56 valence electrons. The van der Waals surface area contributed by atoms with Crippen LogP contribution in [0.15, 0.2) is 6.33 Å². The second-order valence-electron chi connectivity index (χ2n) is 2.16.